The zero-order chi connectivity index (χ0) is 11.7. The Morgan fingerprint density at radius 3 is 0.692 bits per heavy atom. The monoisotopic (exact) mass is 294 g/mol. The van der Waals surface area contributed by atoms with Crippen LogP contribution in [0.1, 0.15) is 41.5 Å². The van der Waals surface area contributed by atoms with Gasteiger partial charge in [-0.3, -0.25) is 0 Å². The molecule has 0 saturated heterocycles. The second-order valence-electron chi connectivity index (χ2n) is 5.00. The van der Waals surface area contributed by atoms with Crippen molar-refractivity contribution in [1.82, 2.24) is 0 Å². The molecule has 0 aliphatic carbocycles. The van der Waals surface area contributed by atoms with Crippen molar-refractivity contribution in [3.8, 4) is 0 Å². The van der Waals surface area contributed by atoms with Crippen molar-refractivity contribution in [2.75, 3.05) is 0 Å². The van der Waals surface area contributed by atoms with Gasteiger partial charge in [0.05, 0.1) is 0 Å². The van der Waals surface area contributed by atoms with Crippen molar-refractivity contribution in [2.45, 2.75) is 62.5 Å². The molecular formula is C10H26N2Sn. The minimum absolute atomic E-state index is 0.230. The maximum absolute atomic E-state index is 6.94. The summed E-state index contributed by atoms with van der Waals surface area (Å²) >= 11 is 0.230. The normalized spacial score (nSPS) is 10.0. The summed E-state index contributed by atoms with van der Waals surface area (Å²) in [6.45, 7) is 11.1. The van der Waals surface area contributed by atoms with Gasteiger partial charge in [-0.25, -0.2) is 0 Å². The number of nitrogens with one attached hydrogen (secondary N) is 2. The van der Waals surface area contributed by atoms with Crippen LogP contribution in [0, 0.1) is 0 Å². The molecule has 0 atom stereocenters. The summed E-state index contributed by atoms with van der Waals surface area (Å²) in [7, 11) is 0. The van der Waals surface area contributed by atoms with E-state index >= 15 is 0 Å². The Labute approximate surface area is 95.1 Å². The molecular weight excluding hydrogens is 267 g/mol. The van der Waals surface area contributed by atoms with Gasteiger partial charge in [-0.05, 0) is 0 Å². The third-order valence-corrected chi connectivity index (χ3v) is 0. The third-order valence-electron chi connectivity index (χ3n) is 0. The molecule has 80 valence electrons. The summed E-state index contributed by atoms with van der Waals surface area (Å²) in [6, 6.07) is 0. The van der Waals surface area contributed by atoms with E-state index in [1.807, 2.05) is 41.5 Å². The fraction of sp³-hybridized carbons (Fsp3) is 1.00. The van der Waals surface area contributed by atoms with Gasteiger partial charge in [0, 0.05) is 0 Å². The Hall–Kier alpha value is 0.719. The third kappa shape index (κ3) is 2830. The molecule has 0 aliphatic heterocycles. The van der Waals surface area contributed by atoms with E-state index in [4.69, 9.17) is 11.5 Å². The van der Waals surface area contributed by atoms with Crippen LogP contribution in [0.3, 0.4) is 0 Å². The molecule has 0 radical (unpaired) electrons. The topological polar surface area (TPSA) is 47.6 Å². The van der Waals surface area contributed by atoms with Crippen LogP contribution >= 0.6 is 0 Å². The fourth-order valence-corrected chi connectivity index (χ4v) is 0. The van der Waals surface area contributed by atoms with Gasteiger partial charge in [0.2, 0.25) is 0 Å². The van der Waals surface area contributed by atoms with Crippen LogP contribution in [0.25, 0.3) is 11.5 Å². The van der Waals surface area contributed by atoms with Crippen LogP contribution in [0.4, 0.5) is 0 Å². The molecule has 0 aromatic rings. The molecule has 0 aromatic heterocycles. The first-order chi connectivity index (χ1) is 5.41. The van der Waals surface area contributed by atoms with Gasteiger partial charge in [-0.1, -0.05) is 41.5 Å². The van der Waals surface area contributed by atoms with Gasteiger partial charge >= 0.3 is 31.0 Å². The molecule has 0 rings (SSSR count). The Kier molecular flexibility index (Phi) is 13.8. The summed E-state index contributed by atoms with van der Waals surface area (Å²) in [6.07, 6.45) is 0. The standard InChI is InChI=1S/2C4H10N.2CH3.Sn/c2*1-4(2,3)5;;;/h2*5H,1-3H3;2*1H3;/q2*-1;;;+2. The molecule has 0 aliphatic rings. The van der Waals surface area contributed by atoms with Crippen molar-refractivity contribution < 1.29 is 0 Å². The van der Waals surface area contributed by atoms with E-state index < -0.39 is 0 Å². The maximum atomic E-state index is 6.94. The first kappa shape index (κ1) is 19.3. The average molecular weight is 293 g/mol. The average Bonchev–Trinajstić information content (AvgIpc) is 1.52. The Balaban J connectivity index is -0.000000120. The van der Waals surface area contributed by atoms with Gasteiger partial charge < -0.3 is 11.5 Å². The number of hydrogen-bond donors (Lipinski definition) is 0. The van der Waals surface area contributed by atoms with Crippen molar-refractivity contribution in [3.63, 3.8) is 0 Å². The Bertz CT molecular complexity index is 66.1. The van der Waals surface area contributed by atoms with Gasteiger partial charge in [0.1, 0.15) is 0 Å². The van der Waals surface area contributed by atoms with E-state index in [1.165, 1.54) is 0 Å². The molecule has 0 bridgehead atoms. The summed E-state index contributed by atoms with van der Waals surface area (Å²) in [4.78, 5) is 4.59. The second-order valence-corrected chi connectivity index (χ2v) is 7.85. The summed E-state index contributed by atoms with van der Waals surface area (Å²) in [5, 5.41) is 0. The van der Waals surface area contributed by atoms with E-state index in [9.17, 15) is 0 Å². The second kappa shape index (κ2) is 9.28. The molecule has 0 amide bonds. The van der Waals surface area contributed by atoms with Crippen LogP contribution in [-0.2, 0) is 0 Å². The van der Waals surface area contributed by atoms with Crippen LogP contribution in [0.15, 0.2) is 0 Å². The van der Waals surface area contributed by atoms with E-state index in [0.29, 0.717) is 0 Å². The molecule has 2 nitrogen and oxygen atoms in total. The first-order valence-electron chi connectivity index (χ1n) is 4.50. The molecule has 3 heteroatoms. The van der Waals surface area contributed by atoms with Crippen LogP contribution in [0.5, 0.6) is 0 Å². The number of hydrogen-bond acceptors (Lipinski definition) is 0. The summed E-state index contributed by atoms with van der Waals surface area (Å²) in [5.41, 5.74) is 13.4. The quantitative estimate of drug-likeness (QED) is 0.592. The van der Waals surface area contributed by atoms with Crippen LogP contribution in [0.2, 0.25) is 9.88 Å². The molecule has 13 heavy (non-hydrogen) atoms. The van der Waals surface area contributed by atoms with Crippen molar-refractivity contribution in [2.24, 2.45) is 0 Å². The molecule has 0 saturated carbocycles. The van der Waals surface area contributed by atoms with Gasteiger partial charge in [0.15, 0.2) is 0 Å². The molecule has 0 fully saturated rings. The van der Waals surface area contributed by atoms with Crippen molar-refractivity contribution in [1.29, 1.82) is 0 Å². The SMILES string of the molecule is CC(C)(C)[NH-].CC(C)(C)[NH-].[CH3][Sn+2][CH3]. The minimum atomic E-state index is -0.250. The molecule has 2 N–H and O–H groups in total. The zero-order valence-electron chi connectivity index (χ0n) is 10.5. The van der Waals surface area contributed by atoms with Crippen LogP contribution < -0.4 is 0 Å². The van der Waals surface area contributed by atoms with Gasteiger partial charge in [-0.2, -0.15) is 0 Å². The number of rotatable bonds is 0. The van der Waals surface area contributed by atoms with E-state index in [0.717, 1.165) is 0 Å². The molecule has 0 heterocycles. The molecule has 0 unspecified atom stereocenters. The van der Waals surface area contributed by atoms with E-state index in [2.05, 4.69) is 9.88 Å². The van der Waals surface area contributed by atoms with E-state index in [-0.39, 0.29) is 32.2 Å². The predicted molar refractivity (Wildman–Crippen MR) is 65.6 cm³/mol. The Morgan fingerprint density at radius 2 is 0.692 bits per heavy atom. The summed E-state index contributed by atoms with van der Waals surface area (Å²) in [5.74, 6) is 0. The zero-order valence-corrected chi connectivity index (χ0v) is 13.4. The van der Waals surface area contributed by atoms with E-state index in [1.54, 1.807) is 0 Å². The molecule has 0 aromatic carbocycles. The van der Waals surface area contributed by atoms with Crippen molar-refractivity contribution in [3.05, 3.63) is 11.5 Å². The fourth-order valence-electron chi connectivity index (χ4n) is 0. The molecule has 0 spiro atoms. The first-order valence-corrected chi connectivity index (χ1v) is 10.2. The summed E-state index contributed by atoms with van der Waals surface area (Å²) < 4.78 is 0. The van der Waals surface area contributed by atoms with Crippen molar-refractivity contribution >= 4 is 21.1 Å². The Morgan fingerprint density at radius 1 is 0.692 bits per heavy atom. The van der Waals surface area contributed by atoms with Gasteiger partial charge in [0.25, 0.3) is 0 Å². The predicted octanol–water partition coefficient (Wildman–Crippen LogP) is 4.46. The van der Waals surface area contributed by atoms with Gasteiger partial charge in [-0.15, -0.1) is 11.1 Å². The van der Waals surface area contributed by atoms with Crippen LogP contribution in [-0.4, -0.2) is 32.2 Å².